The number of hydrogen-bond acceptors (Lipinski definition) is 4. The second kappa shape index (κ2) is 11.6. The zero-order valence-corrected chi connectivity index (χ0v) is 24.5. The highest BCUT2D eigenvalue weighted by atomic mass is 35.5. The molecule has 2 heterocycles. The number of rotatable bonds is 7. The lowest BCUT2D eigenvalue weighted by atomic mass is 10.0. The molecule has 0 aliphatic rings. The molecule has 0 unspecified atom stereocenters. The van der Waals surface area contributed by atoms with E-state index in [1.807, 2.05) is 50.2 Å². The van der Waals surface area contributed by atoms with E-state index in [1.165, 1.54) is 18.2 Å². The Kier molecular flexibility index (Phi) is 8.03. The fraction of sp³-hybridized carbons (Fsp3) is 0.182. The van der Waals surface area contributed by atoms with E-state index >= 15 is 0 Å². The summed E-state index contributed by atoms with van der Waals surface area (Å²) < 4.78 is 47.5. The van der Waals surface area contributed by atoms with E-state index in [0.717, 1.165) is 28.8 Å². The van der Waals surface area contributed by atoms with Crippen molar-refractivity contribution in [1.82, 2.24) is 14.8 Å². The maximum absolute atomic E-state index is 13.3. The number of ether oxygens (including phenoxy) is 1. The molecule has 0 saturated carbocycles. The molecule has 0 atom stereocenters. The van der Waals surface area contributed by atoms with Crippen LogP contribution in [0.4, 0.5) is 13.2 Å². The van der Waals surface area contributed by atoms with E-state index in [9.17, 15) is 23.1 Å². The fourth-order valence-electron chi connectivity index (χ4n) is 4.93. The maximum Gasteiger partial charge on any atom is 0.416 e. The first-order chi connectivity index (χ1) is 20.3. The average molecular weight is 606 g/mol. The molecule has 0 fully saturated rings. The summed E-state index contributed by atoms with van der Waals surface area (Å²) in [7, 11) is 0. The molecule has 0 saturated heterocycles. The molecule has 2 aromatic heterocycles. The van der Waals surface area contributed by atoms with Crippen LogP contribution in [0, 0.1) is 27.7 Å². The molecule has 0 aliphatic heterocycles. The Morgan fingerprint density at radius 2 is 1.63 bits per heavy atom. The van der Waals surface area contributed by atoms with Crippen molar-refractivity contribution in [3.63, 3.8) is 0 Å². The van der Waals surface area contributed by atoms with E-state index in [0.29, 0.717) is 50.9 Å². The number of hydrogen-bond donors (Lipinski definition) is 1. The number of halogens is 4. The van der Waals surface area contributed by atoms with Crippen molar-refractivity contribution in [2.24, 2.45) is 0 Å². The number of fused-ring (bicyclic) bond motifs is 1. The number of aryl methyl sites for hydroxylation is 4. The van der Waals surface area contributed by atoms with Gasteiger partial charge in [0.05, 0.1) is 34.4 Å². The Morgan fingerprint density at radius 3 is 2.26 bits per heavy atom. The number of carbonyl (C=O) groups is 1. The Balaban J connectivity index is 1.45. The standard InChI is InChI=1S/C33H27ClF3N3O3/c1-18-11-23(15-24(12-18)33(35,36)37)5-8-25-16-28(32(41)42)29-21(4)39-40(31(29)38-25)17-22-6-9-26(10-7-22)43-27-13-19(2)30(34)20(3)14-27/h5-16H,17H2,1-4H3,(H,41,42)/b8-5+. The first-order valence-electron chi connectivity index (χ1n) is 13.3. The summed E-state index contributed by atoms with van der Waals surface area (Å²) in [6.45, 7) is 7.42. The molecule has 220 valence electrons. The van der Waals surface area contributed by atoms with Crippen LogP contribution in [0.5, 0.6) is 11.5 Å². The number of alkyl halides is 3. The van der Waals surface area contributed by atoms with E-state index in [2.05, 4.69) is 10.1 Å². The van der Waals surface area contributed by atoms with Gasteiger partial charge in [-0.1, -0.05) is 35.9 Å². The number of aromatic nitrogens is 3. The van der Waals surface area contributed by atoms with Crippen molar-refractivity contribution in [2.75, 3.05) is 0 Å². The van der Waals surface area contributed by atoms with E-state index in [1.54, 1.807) is 24.6 Å². The minimum atomic E-state index is -4.48. The first kappa shape index (κ1) is 29.8. The molecular formula is C33H27ClF3N3O3. The normalized spacial score (nSPS) is 11.9. The molecule has 43 heavy (non-hydrogen) atoms. The number of benzene rings is 3. The predicted molar refractivity (Wildman–Crippen MR) is 161 cm³/mol. The Hall–Kier alpha value is -4.63. The van der Waals surface area contributed by atoms with Crippen LogP contribution in [0.2, 0.25) is 5.02 Å². The van der Waals surface area contributed by atoms with Crippen LogP contribution in [0.1, 0.15) is 55.1 Å². The highest BCUT2D eigenvalue weighted by Gasteiger charge is 2.30. The van der Waals surface area contributed by atoms with Gasteiger partial charge >= 0.3 is 12.1 Å². The molecule has 0 radical (unpaired) electrons. The molecular weight excluding hydrogens is 579 g/mol. The Labute approximate surface area is 251 Å². The van der Waals surface area contributed by atoms with Gasteiger partial charge in [-0.25, -0.2) is 14.5 Å². The second-order valence-electron chi connectivity index (χ2n) is 10.4. The SMILES string of the molecule is Cc1cc(/C=C/c2cc(C(=O)O)c3c(C)nn(Cc4ccc(Oc5cc(C)c(Cl)c(C)c5)cc4)c3n2)cc(C(F)(F)F)c1. The summed E-state index contributed by atoms with van der Waals surface area (Å²) in [5.74, 6) is 0.149. The quantitative estimate of drug-likeness (QED) is 0.200. The molecule has 5 aromatic rings. The lowest BCUT2D eigenvalue weighted by Crippen LogP contribution is -2.05. The average Bonchev–Trinajstić information content (AvgIpc) is 3.25. The van der Waals surface area contributed by atoms with E-state index in [-0.39, 0.29) is 11.3 Å². The van der Waals surface area contributed by atoms with Gasteiger partial charge in [0.15, 0.2) is 5.65 Å². The molecule has 5 rings (SSSR count). The van der Waals surface area contributed by atoms with Gasteiger partial charge in [0, 0.05) is 5.02 Å². The van der Waals surface area contributed by atoms with Gasteiger partial charge in [0.1, 0.15) is 11.5 Å². The van der Waals surface area contributed by atoms with Crippen molar-refractivity contribution in [1.29, 1.82) is 0 Å². The Bertz CT molecular complexity index is 1870. The van der Waals surface area contributed by atoms with Crippen molar-refractivity contribution >= 4 is 40.8 Å². The highest BCUT2D eigenvalue weighted by Crippen LogP contribution is 2.32. The minimum absolute atomic E-state index is 0.00548. The molecule has 0 aliphatic carbocycles. The third-order valence-corrected chi connectivity index (χ3v) is 7.50. The lowest BCUT2D eigenvalue weighted by Gasteiger charge is -2.10. The van der Waals surface area contributed by atoms with Crippen molar-refractivity contribution in [2.45, 2.75) is 40.4 Å². The summed E-state index contributed by atoms with van der Waals surface area (Å²) in [4.78, 5) is 16.8. The summed E-state index contributed by atoms with van der Waals surface area (Å²) in [6.07, 6.45) is -1.50. The van der Waals surface area contributed by atoms with Gasteiger partial charge in [-0.2, -0.15) is 18.3 Å². The summed E-state index contributed by atoms with van der Waals surface area (Å²) in [5.41, 5.74) is 3.86. The molecule has 6 nitrogen and oxygen atoms in total. The molecule has 0 spiro atoms. The Morgan fingerprint density at radius 1 is 0.953 bits per heavy atom. The molecule has 0 amide bonds. The molecule has 1 N–H and O–H groups in total. The van der Waals surface area contributed by atoms with Gasteiger partial charge in [0.25, 0.3) is 0 Å². The number of carboxylic acid groups (broad SMARTS) is 1. The number of nitrogens with zero attached hydrogens (tertiary/aromatic N) is 3. The second-order valence-corrected chi connectivity index (χ2v) is 10.8. The number of carboxylic acids is 1. The third-order valence-electron chi connectivity index (χ3n) is 6.90. The monoisotopic (exact) mass is 605 g/mol. The van der Waals surface area contributed by atoms with Crippen LogP contribution in [0.3, 0.4) is 0 Å². The van der Waals surface area contributed by atoms with Crippen molar-refractivity contribution in [3.8, 4) is 11.5 Å². The van der Waals surface area contributed by atoms with Gasteiger partial charge in [0.2, 0.25) is 0 Å². The zero-order chi connectivity index (χ0) is 31.1. The van der Waals surface area contributed by atoms with Crippen molar-refractivity contribution in [3.05, 3.63) is 116 Å². The van der Waals surface area contributed by atoms with Crippen LogP contribution in [-0.4, -0.2) is 25.8 Å². The topological polar surface area (TPSA) is 77.2 Å². The lowest BCUT2D eigenvalue weighted by molar-refractivity contribution is -0.137. The summed E-state index contributed by atoms with van der Waals surface area (Å²) in [5, 5.41) is 15.6. The summed E-state index contributed by atoms with van der Waals surface area (Å²) >= 11 is 6.26. The van der Waals surface area contributed by atoms with Gasteiger partial charge in [-0.05, 0) is 104 Å². The van der Waals surface area contributed by atoms with E-state index in [4.69, 9.17) is 16.3 Å². The maximum atomic E-state index is 13.3. The first-order valence-corrected chi connectivity index (χ1v) is 13.7. The fourth-order valence-corrected chi connectivity index (χ4v) is 5.04. The van der Waals surface area contributed by atoms with Crippen LogP contribution >= 0.6 is 11.6 Å². The zero-order valence-electron chi connectivity index (χ0n) is 23.8. The van der Waals surface area contributed by atoms with Gasteiger partial charge in [-0.15, -0.1) is 0 Å². The van der Waals surface area contributed by atoms with E-state index < -0.39 is 17.7 Å². The van der Waals surface area contributed by atoms with Gasteiger partial charge in [-0.3, -0.25) is 0 Å². The molecule has 3 aromatic carbocycles. The molecule has 10 heteroatoms. The smallest absolute Gasteiger partial charge is 0.416 e. The number of aromatic carboxylic acids is 1. The van der Waals surface area contributed by atoms with Crippen molar-refractivity contribution < 1.29 is 27.8 Å². The van der Waals surface area contributed by atoms with Crippen LogP contribution in [-0.2, 0) is 12.7 Å². The predicted octanol–water partition coefficient (Wildman–Crippen LogP) is 9.05. The summed E-state index contributed by atoms with van der Waals surface area (Å²) in [6, 6.07) is 16.3. The van der Waals surface area contributed by atoms with Crippen LogP contribution in [0.25, 0.3) is 23.2 Å². The number of pyridine rings is 1. The van der Waals surface area contributed by atoms with Gasteiger partial charge < -0.3 is 9.84 Å². The van der Waals surface area contributed by atoms with Crippen LogP contribution < -0.4 is 4.74 Å². The third kappa shape index (κ3) is 6.57. The highest BCUT2D eigenvalue weighted by molar-refractivity contribution is 6.32. The molecule has 0 bridgehead atoms. The van der Waals surface area contributed by atoms with Crippen LogP contribution in [0.15, 0.2) is 60.7 Å². The largest absolute Gasteiger partial charge is 0.478 e. The minimum Gasteiger partial charge on any atom is -0.478 e.